The largest absolute Gasteiger partial charge is 0.391 e. The second-order valence-corrected chi connectivity index (χ2v) is 2.71. The number of ether oxygens (including phenoxy) is 1. The first kappa shape index (κ1) is 8.89. The molecule has 0 aromatic heterocycles. The summed E-state index contributed by atoms with van der Waals surface area (Å²) in [5, 5.41) is 35.8. The van der Waals surface area contributed by atoms with Crippen molar-refractivity contribution in [3.8, 4) is 0 Å². The summed E-state index contributed by atoms with van der Waals surface area (Å²) in [5.74, 6) is 0. The van der Waals surface area contributed by atoms with Gasteiger partial charge in [-0.25, -0.2) is 0 Å². The number of hydrogen-bond acceptors (Lipinski definition) is 5. The zero-order chi connectivity index (χ0) is 8.59. The molecule has 66 valence electrons. The predicted molar refractivity (Wildman–Crippen MR) is 34.6 cm³/mol. The number of hydrogen-bond donors (Lipinski definition) is 4. The molecular formula is C6H12O5. The highest BCUT2D eigenvalue weighted by molar-refractivity contribution is 4.88. The Kier molecular flexibility index (Phi) is 2.46. The van der Waals surface area contributed by atoms with E-state index in [2.05, 4.69) is 4.74 Å². The van der Waals surface area contributed by atoms with Crippen LogP contribution in [0.3, 0.4) is 0 Å². The summed E-state index contributed by atoms with van der Waals surface area (Å²) in [6.07, 6.45) is -5.75. The fraction of sp³-hybridized carbons (Fsp3) is 1.00. The lowest BCUT2D eigenvalue weighted by Gasteiger charge is -2.16. The summed E-state index contributed by atoms with van der Waals surface area (Å²) in [4.78, 5) is 0. The highest BCUT2D eigenvalue weighted by Gasteiger charge is 2.43. The second-order valence-electron chi connectivity index (χ2n) is 2.71. The molecule has 1 fully saturated rings. The standard InChI is InChI=1S/C6H12O5/c1-2(7)5-3(8)4(9)6(10)11-5/h2-10H,1H3/t2-,3+,4+,5+,6?/m1/s1. The smallest absolute Gasteiger partial charge is 0.184 e. The molecule has 0 bridgehead atoms. The fourth-order valence-corrected chi connectivity index (χ4v) is 1.08. The highest BCUT2D eigenvalue weighted by Crippen LogP contribution is 2.21. The van der Waals surface area contributed by atoms with Crippen molar-refractivity contribution < 1.29 is 25.2 Å². The third-order valence-electron chi connectivity index (χ3n) is 1.75. The van der Waals surface area contributed by atoms with Crippen molar-refractivity contribution in [3.05, 3.63) is 0 Å². The average molecular weight is 164 g/mol. The second kappa shape index (κ2) is 3.04. The van der Waals surface area contributed by atoms with Crippen LogP contribution in [0.1, 0.15) is 6.92 Å². The lowest BCUT2D eigenvalue weighted by Crippen LogP contribution is -2.37. The zero-order valence-electron chi connectivity index (χ0n) is 6.08. The molecule has 1 rings (SSSR count). The minimum Gasteiger partial charge on any atom is -0.391 e. The summed E-state index contributed by atoms with van der Waals surface area (Å²) in [6, 6.07) is 0. The van der Waals surface area contributed by atoms with Gasteiger partial charge in [0.2, 0.25) is 0 Å². The summed E-state index contributed by atoms with van der Waals surface area (Å²) >= 11 is 0. The number of aliphatic hydroxyl groups excluding tert-OH is 4. The normalized spacial score (nSPS) is 47.7. The van der Waals surface area contributed by atoms with Crippen LogP contribution in [0, 0.1) is 0 Å². The van der Waals surface area contributed by atoms with Crippen molar-refractivity contribution in [2.24, 2.45) is 0 Å². The van der Waals surface area contributed by atoms with Crippen LogP contribution in [0.15, 0.2) is 0 Å². The molecule has 4 N–H and O–H groups in total. The van der Waals surface area contributed by atoms with Gasteiger partial charge in [-0.2, -0.15) is 0 Å². The molecule has 0 amide bonds. The third kappa shape index (κ3) is 1.52. The van der Waals surface area contributed by atoms with E-state index in [0.29, 0.717) is 0 Å². The molecule has 5 heteroatoms. The zero-order valence-corrected chi connectivity index (χ0v) is 6.08. The van der Waals surface area contributed by atoms with Crippen molar-refractivity contribution in [2.45, 2.75) is 37.6 Å². The van der Waals surface area contributed by atoms with E-state index in [1.54, 1.807) is 0 Å². The van der Waals surface area contributed by atoms with Gasteiger partial charge in [-0.05, 0) is 6.92 Å². The maximum absolute atomic E-state index is 9.10. The molecule has 1 unspecified atom stereocenters. The number of aliphatic hydroxyl groups is 4. The summed E-state index contributed by atoms with van der Waals surface area (Å²) < 4.78 is 4.65. The predicted octanol–water partition coefficient (Wildman–Crippen LogP) is -2.19. The van der Waals surface area contributed by atoms with Crippen LogP contribution in [0.2, 0.25) is 0 Å². The van der Waals surface area contributed by atoms with Gasteiger partial charge in [0.05, 0.1) is 6.10 Å². The highest BCUT2D eigenvalue weighted by atomic mass is 16.6. The SMILES string of the molecule is C[C@@H](O)[C@@H]1OC(O)[C@@H](O)[C@@H]1O. The van der Waals surface area contributed by atoms with E-state index < -0.39 is 30.7 Å². The molecule has 0 aliphatic carbocycles. The van der Waals surface area contributed by atoms with Gasteiger partial charge >= 0.3 is 0 Å². The van der Waals surface area contributed by atoms with Crippen LogP contribution >= 0.6 is 0 Å². The van der Waals surface area contributed by atoms with Crippen molar-refractivity contribution in [2.75, 3.05) is 0 Å². The van der Waals surface area contributed by atoms with Crippen molar-refractivity contribution in [1.29, 1.82) is 0 Å². The monoisotopic (exact) mass is 164 g/mol. The molecule has 5 atom stereocenters. The minimum absolute atomic E-state index is 0.903. The molecule has 0 aromatic carbocycles. The molecule has 0 saturated carbocycles. The number of rotatable bonds is 1. The summed E-state index contributed by atoms with van der Waals surface area (Å²) in [5.41, 5.74) is 0. The lowest BCUT2D eigenvalue weighted by atomic mass is 10.1. The van der Waals surface area contributed by atoms with Gasteiger partial charge in [0.15, 0.2) is 6.29 Å². The van der Waals surface area contributed by atoms with E-state index in [9.17, 15) is 0 Å². The Morgan fingerprint density at radius 2 is 1.73 bits per heavy atom. The van der Waals surface area contributed by atoms with Crippen LogP contribution in [-0.4, -0.2) is 51.1 Å². The van der Waals surface area contributed by atoms with Gasteiger partial charge in [0, 0.05) is 0 Å². The van der Waals surface area contributed by atoms with E-state index >= 15 is 0 Å². The first-order valence-electron chi connectivity index (χ1n) is 3.41. The first-order valence-corrected chi connectivity index (χ1v) is 3.41. The van der Waals surface area contributed by atoms with E-state index in [1.165, 1.54) is 6.92 Å². The van der Waals surface area contributed by atoms with Crippen LogP contribution < -0.4 is 0 Å². The quantitative estimate of drug-likeness (QED) is 0.353. The Labute approximate surface area is 63.8 Å². The molecule has 0 radical (unpaired) electrons. The van der Waals surface area contributed by atoms with Crippen molar-refractivity contribution in [3.63, 3.8) is 0 Å². The van der Waals surface area contributed by atoms with E-state index in [1.807, 2.05) is 0 Å². The molecule has 5 nitrogen and oxygen atoms in total. The molecule has 1 saturated heterocycles. The Hall–Kier alpha value is -0.200. The molecule has 1 aliphatic heterocycles. The maximum Gasteiger partial charge on any atom is 0.184 e. The van der Waals surface area contributed by atoms with Gasteiger partial charge in [0.1, 0.15) is 18.3 Å². The average Bonchev–Trinajstić information content (AvgIpc) is 2.17. The van der Waals surface area contributed by atoms with E-state index in [-0.39, 0.29) is 0 Å². The van der Waals surface area contributed by atoms with Crippen LogP contribution in [0.25, 0.3) is 0 Å². The minimum atomic E-state index is -1.40. The van der Waals surface area contributed by atoms with Crippen LogP contribution in [0.5, 0.6) is 0 Å². The van der Waals surface area contributed by atoms with Gasteiger partial charge in [0.25, 0.3) is 0 Å². The van der Waals surface area contributed by atoms with Gasteiger partial charge in [-0.1, -0.05) is 0 Å². The molecule has 0 spiro atoms. The Morgan fingerprint density at radius 1 is 1.18 bits per heavy atom. The Bertz CT molecular complexity index is 137. The lowest BCUT2D eigenvalue weighted by molar-refractivity contribution is -0.143. The molecule has 0 aromatic rings. The van der Waals surface area contributed by atoms with Gasteiger partial charge in [-0.15, -0.1) is 0 Å². The van der Waals surface area contributed by atoms with Gasteiger partial charge < -0.3 is 25.2 Å². The molecule has 1 heterocycles. The van der Waals surface area contributed by atoms with Gasteiger partial charge in [-0.3, -0.25) is 0 Å². The summed E-state index contributed by atoms with van der Waals surface area (Å²) in [6.45, 7) is 1.42. The van der Waals surface area contributed by atoms with Crippen molar-refractivity contribution in [1.82, 2.24) is 0 Å². The summed E-state index contributed by atoms with van der Waals surface area (Å²) in [7, 11) is 0. The third-order valence-corrected chi connectivity index (χ3v) is 1.75. The first-order chi connectivity index (χ1) is 5.04. The van der Waals surface area contributed by atoms with Crippen LogP contribution in [-0.2, 0) is 4.74 Å². The van der Waals surface area contributed by atoms with E-state index in [4.69, 9.17) is 20.4 Å². The van der Waals surface area contributed by atoms with E-state index in [0.717, 1.165) is 0 Å². The van der Waals surface area contributed by atoms with Crippen LogP contribution in [0.4, 0.5) is 0 Å². The Balaban J connectivity index is 2.59. The Morgan fingerprint density at radius 3 is 1.91 bits per heavy atom. The molecular weight excluding hydrogens is 152 g/mol. The fourth-order valence-electron chi connectivity index (χ4n) is 1.08. The topological polar surface area (TPSA) is 90.2 Å². The molecule has 11 heavy (non-hydrogen) atoms. The maximum atomic E-state index is 9.10. The van der Waals surface area contributed by atoms with Crippen molar-refractivity contribution >= 4 is 0 Å². The molecule has 1 aliphatic rings.